The minimum absolute atomic E-state index is 0.0347. The Kier molecular flexibility index (Phi) is 3.03. The van der Waals surface area contributed by atoms with Gasteiger partial charge in [0.15, 0.2) is 3.23 Å². The minimum atomic E-state index is -0.999. The lowest BCUT2D eigenvalue weighted by Crippen LogP contribution is -2.35. The van der Waals surface area contributed by atoms with Crippen LogP contribution < -0.4 is 0 Å². The van der Waals surface area contributed by atoms with Gasteiger partial charge >= 0.3 is 5.97 Å². The maximum absolute atomic E-state index is 10.7. The van der Waals surface area contributed by atoms with Gasteiger partial charge in [-0.1, -0.05) is 47.8 Å². The highest BCUT2D eigenvalue weighted by Crippen LogP contribution is 2.47. The number of hydrogen-bond donors (Lipinski definition) is 1. The van der Waals surface area contributed by atoms with E-state index < -0.39 is 9.20 Å². The summed E-state index contributed by atoms with van der Waals surface area (Å²) < 4.78 is -0.999. The van der Waals surface area contributed by atoms with E-state index in [2.05, 4.69) is 47.8 Å². The first-order valence-corrected chi connectivity index (χ1v) is 5.71. The molecule has 0 bridgehead atoms. The Balaban J connectivity index is 2.61. The number of alkyl halides is 3. The first-order valence-electron chi connectivity index (χ1n) is 3.21. The van der Waals surface area contributed by atoms with E-state index in [0.29, 0.717) is 5.92 Å². The Morgan fingerprint density at radius 1 is 1.55 bits per heavy atom. The molecule has 0 aromatic rings. The molecular formula is C6H7Br3O2. The average Bonchev–Trinajstić information content (AvgIpc) is 2.66. The first-order chi connectivity index (χ1) is 4.96. The van der Waals surface area contributed by atoms with E-state index in [0.717, 1.165) is 12.8 Å². The van der Waals surface area contributed by atoms with Gasteiger partial charge in [0.05, 0.1) is 4.83 Å². The van der Waals surface area contributed by atoms with E-state index in [1.165, 1.54) is 0 Å². The SMILES string of the molecule is O=C(O)C(Br)(Br)C(Br)C1CC1. The molecule has 1 aliphatic rings. The largest absolute Gasteiger partial charge is 0.480 e. The maximum Gasteiger partial charge on any atom is 0.332 e. The monoisotopic (exact) mass is 348 g/mol. The molecule has 64 valence electrons. The quantitative estimate of drug-likeness (QED) is 0.795. The standard InChI is InChI=1S/C6H7Br3O2/c7-4(3-1-2-3)6(8,9)5(10)11/h3-4H,1-2H2,(H,10,11). The average molecular weight is 351 g/mol. The summed E-state index contributed by atoms with van der Waals surface area (Å²) in [6, 6.07) is 0. The van der Waals surface area contributed by atoms with Crippen molar-refractivity contribution in [2.24, 2.45) is 5.92 Å². The molecule has 1 fully saturated rings. The van der Waals surface area contributed by atoms with E-state index >= 15 is 0 Å². The third-order valence-corrected chi connectivity index (χ3v) is 6.00. The third kappa shape index (κ3) is 2.18. The summed E-state index contributed by atoms with van der Waals surface area (Å²) in [4.78, 5) is 10.6. The first kappa shape index (κ1) is 9.99. The summed E-state index contributed by atoms with van der Waals surface area (Å²) in [5.41, 5.74) is 0. The molecule has 0 heterocycles. The minimum Gasteiger partial charge on any atom is -0.480 e. The van der Waals surface area contributed by atoms with Gasteiger partial charge in [0.1, 0.15) is 0 Å². The van der Waals surface area contributed by atoms with Crippen LogP contribution in [-0.2, 0) is 4.79 Å². The summed E-state index contributed by atoms with van der Waals surface area (Å²) >= 11 is 9.60. The summed E-state index contributed by atoms with van der Waals surface area (Å²) in [5.74, 6) is -0.392. The van der Waals surface area contributed by atoms with Gasteiger partial charge in [-0.15, -0.1) is 0 Å². The van der Waals surface area contributed by atoms with Gasteiger partial charge in [-0.2, -0.15) is 0 Å². The van der Waals surface area contributed by atoms with Gasteiger partial charge in [-0.25, -0.2) is 4.79 Å². The Hall–Kier alpha value is 0.910. The Bertz CT molecular complexity index is 177. The zero-order valence-electron chi connectivity index (χ0n) is 5.56. The molecule has 2 nitrogen and oxygen atoms in total. The van der Waals surface area contributed by atoms with Gasteiger partial charge in [0.2, 0.25) is 0 Å². The highest BCUT2D eigenvalue weighted by Gasteiger charge is 2.47. The number of aliphatic carboxylic acids is 1. The lowest BCUT2D eigenvalue weighted by Gasteiger charge is -2.20. The predicted octanol–water partition coefficient (Wildman–Crippen LogP) is 2.73. The van der Waals surface area contributed by atoms with E-state index in [4.69, 9.17) is 5.11 Å². The second-order valence-electron chi connectivity index (χ2n) is 2.67. The second kappa shape index (κ2) is 3.34. The van der Waals surface area contributed by atoms with Crippen molar-refractivity contribution in [1.82, 2.24) is 0 Å². The summed E-state index contributed by atoms with van der Waals surface area (Å²) in [5, 5.41) is 8.76. The van der Waals surface area contributed by atoms with E-state index in [1.807, 2.05) is 0 Å². The second-order valence-corrected chi connectivity index (χ2v) is 7.22. The summed E-state index contributed by atoms with van der Waals surface area (Å²) in [7, 11) is 0. The van der Waals surface area contributed by atoms with Crippen LogP contribution >= 0.6 is 47.8 Å². The van der Waals surface area contributed by atoms with Gasteiger partial charge in [0.25, 0.3) is 0 Å². The normalized spacial score (nSPS) is 21.4. The molecule has 0 spiro atoms. The van der Waals surface area contributed by atoms with Crippen molar-refractivity contribution in [2.45, 2.75) is 20.9 Å². The van der Waals surface area contributed by atoms with Crippen LogP contribution in [0.25, 0.3) is 0 Å². The fourth-order valence-corrected chi connectivity index (χ4v) is 2.28. The van der Waals surface area contributed by atoms with Crippen molar-refractivity contribution in [3.05, 3.63) is 0 Å². The Labute approximate surface area is 90.1 Å². The molecule has 1 N–H and O–H groups in total. The number of carboxylic acids is 1. The van der Waals surface area contributed by atoms with Crippen molar-refractivity contribution in [3.8, 4) is 0 Å². The van der Waals surface area contributed by atoms with Crippen LogP contribution in [0.5, 0.6) is 0 Å². The van der Waals surface area contributed by atoms with Gasteiger partial charge in [-0.05, 0) is 18.8 Å². The van der Waals surface area contributed by atoms with Crippen molar-refractivity contribution < 1.29 is 9.90 Å². The number of hydrogen-bond acceptors (Lipinski definition) is 1. The van der Waals surface area contributed by atoms with Crippen LogP contribution in [0.1, 0.15) is 12.8 Å². The number of carbonyl (C=O) groups is 1. The molecule has 5 heteroatoms. The molecule has 0 radical (unpaired) electrons. The zero-order valence-corrected chi connectivity index (χ0v) is 10.3. The Morgan fingerprint density at radius 3 is 2.27 bits per heavy atom. The molecule has 1 rings (SSSR count). The van der Waals surface area contributed by atoms with Crippen molar-refractivity contribution in [2.75, 3.05) is 0 Å². The smallest absolute Gasteiger partial charge is 0.332 e. The van der Waals surface area contributed by atoms with Gasteiger partial charge < -0.3 is 5.11 Å². The Morgan fingerprint density at radius 2 is 2.00 bits per heavy atom. The molecule has 0 saturated heterocycles. The van der Waals surface area contributed by atoms with Gasteiger partial charge in [-0.3, -0.25) is 0 Å². The molecule has 0 aliphatic heterocycles. The lowest BCUT2D eigenvalue weighted by atomic mass is 10.2. The van der Waals surface area contributed by atoms with E-state index in [-0.39, 0.29) is 4.83 Å². The fourth-order valence-electron chi connectivity index (χ4n) is 0.803. The van der Waals surface area contributed by atoms with Crippen molar-refractivity contribution >= 4 is 53.8 Å². The molecule has 0 aromatic heterocycles. The number of carboxylic acid groups (broad SMARTS) is 1. The molecule has 1 atom stereocenters. The molecular weight excluding hydrogens is 344 g/mol. The lowest BCUT2D eigenvalue weighted by molar-refractivity contribution is -0.137. The fraction of sp³-hybridized carbons (Fsp3) is 0.833. The van der Waals surface area contributed by atoms with E-state index in [1.54, 1.807) is 0 Å². The number of rotatable bonds is 3. The maximum atomic E-state index is 10.7. The van der Waals surface area contributed by atoms with Crippen LogP contribution in [0, 0.1) is 5.92 Å². The van der Waals surface area contributed by atoms with Gasteiger partial charge in [0, 0.05) is 0 Å². The summed E-state index contributed by atoms with van der Waals surface area (Å²) in [6.07, 6.45) is 2.23. The molecule has 0 amide bonds. The number of halogens is 3. The molecule has 1 unspecified atom stereocenters. The van der Waals surface area contributed by atoms with Crippen LogP contribution in [0.3, 0.4) is 0 Å². The molecule has 1 aliphatic carbocycles. The van der Waals surface area contributed by atoms with Crippen LogP contribution in [-0.4, -0.2) is 19.1 Å². The van der Waals surface area contributed by atoms with E-state index in [9.17, 15) is 4.79 Å². The molecule has 11 heavy (non-hydrogen) atoms. The highest BCUT2D eigenvalue weighted by molar-refractivity contribution is 9.26. The molecule has 1 saturated carbocycles. The highest BCUT2D eigenvalue weighted by atomic mass is 79.9. The summed E-state index contributed by atoms with van der Waals surface area (Å²) in [6.45, 7) is 0. The topological polar surface area (TPSA) is 37.3 Å². The van der Waals surface area contributed by atoms with Crippen LogP contribution in [0.15, 0.2) is 0 Å². The zero-order chi connectivity index (χ0) is 8.65. The van der Waals surface area contributed by atoms with Crippen molar-refractivity contribution in [3.63, 3.8) is 0 Å². The molecule has 0 aromatic carbocycles. The van der Waals surface area contributed by atoms with Crippen LogP contribution in [0.2, 0.25) is 0 Å². The predicted molar refractivity (Wildman–Crippen MR) is 53.7 cm³/mol. The van der Waals surface area contributed by atoms with Crippen molar-refractivity contribution in [1.29, 1.82) is 0 Å². The third-order valence-electron chi connectivity index (χ3n) is 1.67. The van der Waals surface area contributed by atoms with Crippen LogP contribution in [0.4, 0.5) is 0 Å².